The Kier molecular flexibility index (Phi) is 9.84. The van der Waals surface area contributed by atoms with Crippen LogP contribution in [0.5, 0.6) is 5.75 Å². The largest absolute Gasteiger partial charge is 0.497 e. The Morgan fingerprint density at radius 3 is 2.34 bits per heavy atom. The van der Waals surface area contributed by atoms with Crippen molar-refractivity contribution in [2.75, 3.05) is 13.7 Å². The first-order valence-corrected chi connectivity index (χ1v) is 12.0. The Morgan fingerprint density at radius 1 is 0.943 bits per heavy atom. The molecule has 0 bridgehead atoms. The number of carbonyl (C=O) groups excluding carboxylic acids is 2. The molecule has 184 valence electrons. The van der Waals surface area contributed by atoms with E-state index in [2.05, 4.69) is 12.2 Å². The number of halogens is 1. The molecule has 0 saturated heterocycles. The maximum Gasteiger partial charge on any atom is 0.243 e. The van der Waals surface area contributed by atoms with Gasteiger partial charge in [-0.15, -0.1) is 0 Å². The molecule has 0 saturated carbocycles. The van der Waals surface area contributed by atoms with Crippen LogP contribution < -0.4 is 10.1 Å². The highest BCUT2D eigenvalue weighted by atomic mass is 19.1. The predicted octanol–water partition coefficient (Wildman–Crippen LogP) is 4.93. The fourth-order valence-electron chi connectivity index (χ4n) is 3.91. The third-order valence-corrected chi connectivity index (χ3v) is 5.86. The van der Waals surface area contributed by atoms with Crippen molar-refractivity contribution < 1.29 is 18.7 Å². The lowest BCUT2D eigenvalue weighted by Gasteiger charge is -2.32. The van der Waals surface area contributed by atoms with E-state index < -0.39 is 6.04 Å². The van der Waals surface area contributed by atoms with Gasteiger partial charge in [-0.2, -0.15) is 0 Å². The summed E-state index contributed by atoms with van der Waals surface area (Å²) >= 11 is 0. The van der Waals surface area contributed by atoms with E-state index in [1.165, 1.54) is 12.1 Å². The van der Waals surface area contributed by atoms with Crippen molar-refractivity contribution >= 4 is 11.8 Å². The molecular weight excluding hydrogens is 443 g/mol. The SMILES string of the molecule is CCCCNC(=O)[C@H](Cc1ccccc1)N(Cc1cccc(OC)c1)C(=O)Cc1ccc(F)cc1. The number of methoxy groups -OCH3 is 1. The van der Waals surface area contributed by atoms with E-state index in [0.717, 1.165) is 24.0 Å². The molecule has 0 spiro atoms. The number of ether oxygens (including phenoxy) is 1. The molecule has 0 radical (unpaired) electrons. The normalized spacial score (nSPS) is 11.5. The van der Waals surface area contributed by atoms with Crippen LogP contribution in [0.2, 0.25) is 0 Å². The first kappa shape index (κ1) is 25.9. The van der Waals surface area contributed by atoms with Gasteiger partial charge in [0.1, 0.15) is 17.6 Å². The molecule has 3 aromatic rings. The molecule has 0 unspecified atom stereocenters. The van der Waals surface area contributed by atoms with Crippen molar-refractivity contribution in [3.63, 3.8) is 0 Å². The summed E-state index contributed by atoms with van der Waals surface area (Å²) in [4.78, 5) is 28.7. The number of carbonyl (C=O) groups is 2. The summed E-state index contributed by atoms with van der Waals surface area (Å²) in [5.74, 6) is -0.0595. The molecule has 0 aromatic heterocycles. The first-order valence-electron chi connectivity index (χ1n) is 12.0. The van der Waals surface area contributed by atoms with Crippen LogP contribution in [0.25, 0.3) is 0 Å². The van der Waals surface area contributed by atoms with E-state index in [1.807, 2.05) is 54.6 Å². The van der Waals surface area contributed by atoms with Gasteiger partial charge in [-0.25, -0.2) is 4.39 Å². The smallest absolute Gasteiger partial charge is 0.243 e. The van der Waals surface area contributed by atoms with Crippen molar-refractivity contribution in [1.29, 1.82) is 0 Å². The topological polar surface area (TPSA) is 58.6 Å². The Morgan fingerprint density at radius 2 is 1.66 bits per heavy atom. The van der Waals surface area contributed by atoms with Crippen LogP contribution in [0.4, 0.5) is 4.39 Å². The highest BCUT2D eigenvalue weighted by Crippen LogP contribution is 2.19. The summed E-state index contributed by atoms with van der Waals surface area (Å²) < 4.78 is 18.8. The molecule has 0 aliphatic carbocycles. The van der Waals surface area contributed by atoms with Gasteiger partial charge in [0.15, 0.2) is 0 Å². The summed E-state index contributed by atoms with van der Waals surface area (Å²) in [5, 5.41) is 3.01. The highest BCUT2D eigenvalue weighted by molar-refractivity contribution is 5.88. The van der Waals surface area contributed by atoms with E-state index in [9.17, 15) is 14.0 Å². The first-order chi connectivity index (χ1) is 17.0. The summed E-state index contributed by atoms with van der Waals surface area (Å²) in [6, 6.07) is 22.4. The standard InChI is InChI=1S/C29H33FN2O3/c1-3-4-17-31-29(34)27(19-22-9-6-5-7-10-22)32(21-24-11-8-12-26(18-24)35-2)28(33)20-23-13-15-25(30)16-14-23/h5-16,18,27H,3-4,17,19-21H2,1-2H3,(H,31,34)/t27-/m0/s1. The van der Waals surface area contributed by atoms with Crippen molar-refractivity contribution in [1.82, 2.24) is 10.2 Å². The average molecular weight is 477 g/mol. The second kappa shape index (κ2) is 13.3. The molecule has 2 amide bonds. The second-order valence-corrected chi connectivity index (χ2v) is 8.53. The predicted molar refractivity (Wildman–Crippen MR) is 135 cm³/mol. The van der Waals surface area contributed by atoms with Crippen LogP contribution in [-0.4, -0.2) is 36.4 Å². The van der Waals surface area contributed by atoms with E-state index in [4.69, 9.17) is 4.74 Å². The van der Waals surface area contributed by atoms with Gasteiger partial charge in [0.05, 0.1) is 13.5 Å². The molecule has 1 N–H and O–H groups in total. The number of amides is 2. The van der Waals surface area contributed by atoms with Crippen LogP contribution in [0, 0.1) is 5.82 Å². The molecule has 3 aromatic carbocycles. The van der Waals surface area contributed by atoms with Crippen molar-refractivity contribution in [3.05, 3.63) is 101 Å². The number of rotatable bonds is 12. The monoisotopic (exact) mass is 476 g/mol. The van der Waals surface area contributed by atoms with Crippen molar-refractivity contribution in [2.45, 2.75) is 45.2 Å². The van der Waals surface area contributed by atoms with E-state index in [0.29, 0.717) is 24.3 Å². The minimum absolute atomic E-state index is 0.0672. The third-order valence-electron chi connectivity index (χ3n) is 5.86. The summed E-state index contributed by atoms with van der Waals surface area (Å²) in [6.45, 7) is 2.87. The second-order valence-electron chi connectivity index (χ2n) is 8.53. The van der Waals surface area contributed by atoms with Crippen molar-refractivity contribution in [3.8, 4) is 5.75 Å². The van der Waals surface area contributed by atoms with E-state index >= 15 is 0 Å². The molecule has 0 heterocycles. The van der Waals surface area contributed by atoms with Gasteiger partial charge in [0, 0.05) is 19.5 Å². The number of unbranched alkanes of at least 4 members (excludes halogenated alkanes) is 1. The maximum absolute atomic E-state index is 13.6. The van der Waals surface area contributed by atoms with Crippen LogP contribution in [0.3, 0.4) is 0 Å². The Bertz CT molecular complexity index is 1090. The summed E-state index contributed by atoms with van der Waals surface area (Å²) in [7, 11) is 1.59. The van der Waals surface area contributed by atoms with Crippen LogP contribution in [-0.2, 0) is 29.0 Å². The Balaban J connectivity index is 1.94. The molecule has 1 atom stereocenters. The Labute approximate surface area is 206 Å². The fourth-order valence-corrected chi connectivity index (χ4v) is 3.91. The summed E-state index contributed by atoms with van der Waals surface area (Å²) in [5.41, 5.74) is 2.52. The number of hydrogen-bond acceptors (Lipinski definition) is 3. The minimum atomic E-state index is -0.701. The van der Waals surface area contributed by atoms with E-state index in [-0.39, 0.29) is 30.6 Å². The van der Waals surface area contributed by atoms with Crippen molar-refractivity contribution in [2.24, 2.45) is 0 Å². The van der Waals surface area contributed by atoms with Crippen LogP contribution in [0.1, 0.15) is 36.5 Å². The average Bonchev–Trinajstić information content (AvgIpc) is 2.88. The number of hydrogen-bond donors (Lipinski definition) is 1. The molecule has 0 fully saturated rings. The lowest BCUT2D eigenvalue weighted by molar-refractivity contribution is -0.140. The zero-order chi connectivity index (χ0) is 25.0. The third kappa shape index (κ3) is 7.95. The van der Waals surface area contributed by atoms with Gasteiger partial charge in [-0.3, -0.25) is 9.59 Å². The summed E-state index contributed by atoms with van der Waals surface area (Å²) in [6.07, 6.45) is 2.28. The van der Waals surface area contributed by atoms with Gasteiger partial charge < -0.3 is 15.0 Å². The maximum atomic E-state index is 13.6. The molecule has 5 nitrogen and oxygen atoms in total. The minimum Gasteiger partial charge on any atom is -0.497 e. The number of nitrogens with zero attached hydrogens (tertiary/aromatic N) is 1. The molecular formula is C29H33FN2O3. The lowest BCUT2D eigenvalue weighted by Crippen LogP contribution is -2.51. The van der Waals surface area contributed by atoms with Gasteiger partial charge in [-0.1, -0.05) is 67.9 Å². The quantitative estimate of drug-likeness (QED) is 0.377. The van der Waals surface area contributed by atoms with Crippen LogP contribution >= 0.6 is 0 Å². The van der Waals surface area contributed by atoms with Gasteiger partial charge >= 0.3 is 0 Å². The molecule has 0 aliphatic rings. The highest BCUT2D eigenvalue weighted by Gasteiger charge is 2.30. The molecule has 3 rings (SSSR count). The van der Waals surface area contributed by atoms with E-state index in [1.54, 1.807) is 24.1 Å². The van der Waals surface area contributed by atoms with Gasteiger partial charge in [0.2, 0.25) is 11.8 Å². The molecule has 35 heavy (non-hydrogen) atoms. The van der Waals surface area contributed by atoms with Crippen LogP contribution in [0.15, 0.2) is 78.9 Å². The number of nitrogens with one attached hydrogen (secondary N) is 1. The van der Waals surface area contributed by atoms with Gasteiger partial charge in [0.25, 0.3) is 0 Å². The molecule has 6 heteroatoms. The zero-order valence-electron chi connectivity index (χ0n) is 20.4. The fraction of sp³-hybridized carbons (Fsp3) is 0.310. The zero-order valence-corrected chi connectivity index (χ0v) is 20.4. The Hall–Kier alpha value is -3.67. The molecule has 0 aliphatic heterocycles. The lowest BCUT2D eigenvalue weighted by atomic mass is 10.0. The number of benzene rings is 3. The van der Waals surface area contributed by atoms with Gasteiger partial charge in [-0.05, 0) is 47.4 Å².